The lowest BCUT2D eigenvalue weighted by molar-refractivity contribution is 0.161. The van der Waals surface area contributed by atoms with Crippen molar-refractivity contribution in [3.8, 4) is 5.75 Å². The van der Waals surface area contributed by atoms with Crippen LogP contribution in [-0.2, 0) is 11.2 Å². The average molecular weight is 371 g/mol. The standard InChI is InChI=1S/C23H30O2S/c1-18(9-8-12-20-10-6-5-7-11-20)23(19(2)17-24-3)26-22-15-13-21(25-4)14-16-22/h5-7,10-11,13-16,19,23H,1,8-9,12,17H2,2-4H3/t19-,23-/m1/s1. The molecule has 0 spiro atoms. The molecule has 26 heavy (non-hydrogen) atoms. The Morgan fingerprint density at radius 3 is 2.35 bits per heavy atom. The number of thioether (sulfide) groups is 1. The Kier molecular flexibility index (Phi) is 8.79. The summed E-state index contributed by atoms with van der Waals surface area (Å²) in [5.74, 6) is 1.30. The van der Waals surface area contributed by atoms with Gasteiger partial charge in [-0.1, -0.05) is 49.4 Å². The first kappa shape index (κ1) is 20.6. The van der Waals surface area contributed by atoms with Crippen LogP contribution in [0.25, 0.3) is 0 Å². The van der Waals surface area contributed by atoms with Crippen LogP contribution >= 0.6 is 11.8 Å². The van der Waals surface area contributed by atoms with Gasteiger partial charge in [0, 0.05) is 17.3 Å². The molecule has 0 saturated carbocycles. The third-order valence-corrected chi connectivity index (χ3v) is 6.07. The van der Waals surface area contributed by atoms with Gasteiger partial charge in [-0.2, -0.15) is 0 Å². The lowest BCUT2D eigenvalue weighted by Crippen LogP contribution is -2.21. The van der Waals surface area contributed by atoms with E-state index in [1.807, 2.05) is 23.9 Å². The minimum Gasteiger partial charge on any atom is -0.497 e. The first-order chi connectivity index (χ1) is 12.6. The highest BCUT2D eigenvalue weighted by atomic mass is 32.2. The molecule has 0 fully saturated rings. The van der Waals surface area contributed by atoms with Crippen molar-refractivity contribution >= 4 is 11.8 Å². The quantitative estimate of drug-likeness (QED) is 0.356. The zero-order chi connectivity index (χ0) is 18.8. The Bertz CT molecular complexity index is 652. The van der Waals surface area contributed by atoms with Crippen molar-refractivity contribution in [2.45, 2.75) is 36.3 Å². The van der Waals surface area contributed by atoms with Crippen LogP contribution in [0.5, 0.6) is 5.75 Å². The van der Waals surface area contributed by atoms with E-state index in [9.17, 15) is 0 Å². The summed E-state index contributed by atoms with van der Waals surface area (Å²) in [6, 6.07) is 18.9. The normalized spacial score (nSPS) is 13.2. The maximum Gasteiger partial charge on any atom is 0.118 e. The van der Waals surface area contributed by atoms with E-state index in [1.165, 1.54) is 16.0 Å². The molecule has 0 N–H and O–H groups in total. The first-order valence-corrected chi connectivity index (χ1v) is 10.0. The van der Waals surface area contributed by atoms with Gasteiger partial charge in [-0.25, -0.2) is 0 Å². The molecule has 0 aliphatic heterocycles. The summed E-state index contributed by atoms with van der Waals surface area (Å²) in [5, 5.41) is 0.346. The number of hydrogen-bond donors (Lipinski definition) is 0. The molecular weight excluding hydrogens is 340 g/mol. The monoisotopic (exact) mass is 370 g/mol. The van der Waals surface area contributed by atoms with Crippen molar-refractivity contribution in [1.29, 1.82) is 0 Å². The summed E-state index contributed by atoms with van der Waals surface area (Å²) < 4.78 is 10.7. The number of aryl methyl sites for hydroxylation is 1. The fourth-order valence-corrected chi connectivity index (χ4v) is 4.24. The summed E-state index contributed by atoms with van der Waals surface area (Å²) in [5.41, 5.74) is 2.69. The van der Waals surface area contributed by atoms with Gasteiger partial charge in [0.1, 0.15) is 5.75 Å². The molecule has 2 aromatic carbocycles. The van der Waals surface area contributed by atoms with Crippen molar-refractivity contribution in [2.24, 2.45) is 5.92 Å². The molecule has 140 valence electrons. The van der Waals surface area contributed by atoms with Crippen LogP contribution in [0.1, 0.15) is 25.3 Å². The van der Waals surface area contributed by atoms with Gasteiger partial charge in [-0.05, 0) is 55.0 Å². The molecule has 2 nitrogen and oxygen atoms in total. The van der Waals surface area contributed by atoms with E-state index in [0.29, 0.717) is 11.2 Å². The van der Waals surface area contributed by atoms with Gasteiger partial charge in [-0.15, -0.1) is 11.8 Å². The molecule has 0 bridgehead atoms. The molecule has 0 aliphatic rings. The highest BCUT2D eigenvalue weighted by Gasteiger charge is 2.21. The first-order valence-electron chi connectivity index (χ1n) is 9.15. The second kappa shape index (κ2) is 11.1. The highest BCUT2D eigenvalue weighted by molar-refractivity contribution is 8.00. The number of benzene rings is 2. The van der Waals surface area contributed by atoms with Gasteiger partial charge in [-0.3, -0.25) is 0 Å². The molecule has 0 amide bonds. The summed E-state index contributed by atoms with van der Waals surface area (Å²) in [6.07, 6.45) is 3.26. The Labute approximate surface area is 162 Å². The number of methoxy groups -OCH3 is 2. The fraction of sp³-hybridized carbons (Fsp3) is 0.391. The average Bonchev–Trinajstić information content (AvgIpc) is 2.67. The lowest BCUT2D eigenvalue weighted by Gasteiger charge is -2.25. The minimum absolute atomic E-state index is 0.346. The lowest BCUT2D eigenvalue weighted by atomic mass is 9.97. The second-order valence-electron chi connectivity index (χ2n) is 6.64. The van der Waals surface area contributed by atoms with Crippen molar-refractivity contribution < 1.29 is 9.47 Å². The second-order valence-corrected chi connectivity index (χ2v) is 7.86. The summed E-state index contributed by atoms with van der Waals surface area (Å²) in [7, 11) is 3.46. The van der Waals surface area contributed by atoms with E-state index >= 15 is 0 Å². The highest BCUT2D eigenvalue weighted by Crippen LogP contribution is 2.35. The van der Waals surface area contributed by atoms with Crippen molar-refractivity contribution in [2.75, 3.05) is 20.8 Å². The fourth-order valence-electron chi connectivity index (χ4n) is 3.06. The zero-order valence-corrected chi connectivity index (χ0v) is 16.9. The Hall–Kier alpha value is -1.71. The van der Waals surface area contributed by atoms with Gasteiger partial charge in [0.2, 0.25) is 0 Å². The van der Waals surface area contributed by atoms with E-state index in [1.54, 1.807) is 14.2 Å². The van der Waals surface area contributed by atoms with Gasteiger partial charge in [0.05, 0.1) is 13.7 Å². The van der Waals surface area contributed by atoms with Crippen LogP contribution in [0.2, 0.25) is 0 Å². The summed E-state index contributed by atoms with van der Waals surface area (Å²) >= 11 is 1.88. The Morgan fingerprint density at radius 2 is 1.73 bits per heavy atom. The van der Waals surface area contributed by atoms with Crippen LogP contribution in [0.3, 0.4) is 0 Å². The van der Waals surface area contributed by atoms with Gasteiger partial charge >= 0.3 is 0 Å². The summed E-state index contributed by atoms with van der Waals surface area (Å²) in [6.45, 7) is 7.40. The van der Waals surface area contributed by atoms with E-state index in [0.717, 1.165) is 31.6 Å². The largest absolute Gasteiger partial charge is 0.497 e. The third-order valence-electron chi connectivity index (χ3n) is 4.48. The molecule has 2 aromatic rings. The SMILES string of the molecule is C=C(CCCc1ccccc1)[C@@H](Sc1ccc(OC)cc1)[C@H](C)COC. The van der Waals surface area contributed by atoms with Crippen LogP contribution in [0, 0.1) is 5.92 Å². The predicted octanol–water partition coefficient (Wildman–Crippen LogP) is 6.02. The van der Waals surface area contributed by atoms with Crippen molar-refractivity contribution in [3.05, 3.63) is 72.3 Å². The molecule has 0 unspecified atom stereocenters. The molecule has 0 aliphatic carbocycles. The topological polar surface area (TPSA) is 18.5 Å². The molecule has 0 heterocycles. The Balaban J connectivity index is 1.96. The van der Waals surface area contributed by atoms with E-state index in [2.05, 4.69) is 56.0 Å². The van der Waals surface area contributed by atoms with Crippen molar-refractivity contribution in [1.82, 2.24) is 0 Å². The molecule has 0 aromatic heterocycles. The van der Waals surface area contributed by atoms with Crippen LogP contribution in [0.4, 0.5) is 0 Å². The predicted molar refractivity (Wildman–Crippen MR) is 112 cm³/mol. The zero-order valence-electron chi connectivity index (χ0n) is 16.1. The molecule has 0 saturated heterocycles. The van der Waals surface area contributed by atoms with Crippen LogP contribution in [0.15, 0.2) is 71.6 Å². The smallest absolute Gasteiger partial charge is 0.118 e. The maximum absolute atomic E-state index is 5.41. The number of hydrogen-bond acceptors (Lipinski definition) is 3. The summed E-state index contributed by atoms with van der Waals surface area (Å²) in [4.78, 5) is 1.24. The van der Waals surface area contributed by atoms with Gasteiger partial charge in [0.25, 0.3) is 0 Å². The molecule has 0 radical (unpaired) electrons. The van der Waals surface area contributed by atoms with E-state index in [-0.39, 0.29) is 0 Å². The molecule has 2 rings (SSSR count). The maximum atomic E-state index is 5.41. The van der Waals surface area contributed by atoms with E-state index < -0.39 is 0 Å². The minimum atomic E-state index is 0.346. The van der Waals surface area contributed by atoms with Crippen LogP contribution in [-0.4, -0.2) is 26.1 Å². The molecule has 2 atom stereocenters. The number of rotatable bonds is 11. The Morgan fingerprint density at radius 1 is 1.04 bits per heavy atom. The van der Waals surface area contributed by atoms with Gasteiger partial charge < -0.3 is 9.47 Å². The van der Waals surface area contributed by atoms with Gasteiger partial charge in [0.15, 0.2) is 0 Å². The van der Waals surface area contributed by atoms with Crippen LogP contribution < -0.4 is 4.74 Å². The van der Waals surface area contributed by atoms with E-state index in [4.69, 9.17) is 9.47 Å². The third kappa shape index (κ3) is 6.54. The molecule has 3 heteroatoms. The number of ether oxygens (including phenoxy) is 2. The molecular formula is C23H30O2S. The van der Waals surface area contributed by atoms with Crippen molar-refractivity contribution in [3.63, 3.8) is 0 Å².